The molecular weight excluding hydrogens is 649 g/mol. The summed E-state index contributed by atoms with van der Waals surface area (Å²) in [6.45, 7) is 0. The Morgan fingerprint density at radius 3 is 2.02 bits per heavy atom. The van der Waals surface area contributed by atoms with Crippen LogP contribution in [0.25, 0.3) is 83.0 Å². The number of hydrogen-bond acceptors (Lipinski definition) is 4. The highest BCUT2D eigenvalue weighted by Gasteiger charge is 2.20. The second-order valence-electron chi connectivity index (χ2n) is 13.9. The fourth-order valence-corrected chi connectivity index (χ4v) is 8.06. The predicted molar refractivity (Wildman–Crippen MR) is 219 cm³/mol. The standard InChI is InChI=1S/C49H32N2O2/c1-3-9-31(10-4-1)35-17-18-37-28-38(23-20-36(37)27-35)51(40-24-26-46-43(30-40)41-13-7-8-14-45(41)52-46)39-22-19-32-15-16-33-21-25-44-48(47(33)42(32)29-39)53-49(50-44)34-11-5-2-6-12-34/h1-7,9-13,15-30H,8,14H2. The Morgan fingerprint density at radius 1 is 0.509 bits per heavy atom. The van der Waals surface area contributed by atoms with Gasteiger partial charge < -0.3 is 13.7 Å². The number of oxazole rings is 1. The number of nitrogens with zero attached hydrogens (tertiary/aromatic N) is 2. The number of aryl methyl sites for hydroxylation is 1. The van der Waals surface area contributed by atoms with Crippen molar-refractivity contribution < 1.29 is 8.83 Å². The summed E-state index contributed by atoms with van der Waals surface area (Å²) in [6.07, 6.45) is 6.39. The first-order valence-corrected chi connectivity index (χ1v) is 18.2. The van der Waals surface area contributed by atoms with Crippen molar-refractivity contribution in [1.29, 1.82) is 0 Å². The summed E-state index contributed by atoms with van der Waals surface area (Å²) in [7, 11) is 0. The molecule has 0 saturated heterocycles. The molecule has 10 aromatic rings. The quantitative estimate of drug-likeness (QED) is 0.170. The van der Waals surface area contributed by atoms with Crippen LogP contribution in [0.15, 0.2) is 173 Å². The van der Waals surface area contributed by atoms with E-state index < -0.39 is 0 Å². The smallest absolute Gasteiger partial charge is 0.227 e. The van der Waals surface area contributed by atoms with E-state index in [-0.39, 0.29) is 0 Å². The van der Waals surface area contributed by atoms with Crippen molar-refractivity contribution >= 4 is 77.5 Å². The summed E-state index contributed by atoms with van der Waals surface area (Å²) in [5.41, 5.74) is 10.3. The van der Waals surface area contributed by atoms with Crippen LogP contribution < -0.4 is 4.90 Å². The van der Waals surface area contributed by atoms with Crippen LogP contribution in [0.3, 0.4) is 0 Å². The highest BCUT2D eigenvalue weighted by Crippen LogP contribution is 2.43. The van der Waals surface area contributed by atoms with Crippen LogP contribution >= 0.6 is 0 Å². The lowest BCUT2D eigenvalue weighted by Crippen LogP contribution is -2.10. The first-order chi connectivity index (χ1) is 26.2. The molecule has 0 radical (unpaired) electrons. The summed E-state index contributed by atoms with van der Waals surface area (Å²) < 4.78 is 12.9. The normalized spacial score (nSPS) is 12.7. The van der Waals surface area contributed by atoms with Crippen LogP contribution in [0, 0.1) is 0 Å². The number of allylic oxidation sites excluding steroid dienone is 1. The highest BCUT2D eigenvalue weighted by atomic mass is 16.3. The Morgan fingerprint density at radius 2 is 1.17 bits per heavy atom. The average molecular weight is 681 g/mol. The fraction of sp³-hybridized carbons (Fsp3) is 0.0408. The minimum atomic E-state index is 0.625. The van der Waals surface area contributed by atoms with Gasteiger partial charge in [0.25, 0.3) is 0 Å². The van der Waals surface area contributed by atoms with Gasteiger partial charge in [0.1, 0.15) is 16.9 Å². The molecule has 0 fully saturated rings. The molecule has 1 aliphatic carbocycles. The molecule has 250 valence electrons. The number of rotatable bonds is 5. The van der Waals surface area contributed by atoms with E-state index in [0.29, 0.717) is 5.89 Å². The zero-order chi connectivity index (χ0) is 34.9. The van der Waals surface area contributed by atoms with Crippen molar-refractivity contribution in [2.24, 2.45) is 0 Å². The minimum Gasteiger partial charge on any atom is -0.460 e. The molecule has 2 heterocycles. The van der Waals surface area contributed by atoms with Crippen LogP contribution in [0.1, 0.15) is 17.7 Å². The van der Waals surface area contributed by atoms with Crippen LogP contribution in [0.4, 0.5) is 17.1 Å². The van der Waals surface area contributed by atoms with Gasteiger partial charge in [-0.25, -0.2) is 4.98 Å². The maximum atomic E-state index is 6.59. The second-order valence-corrected chi connectivity index (χ2v) is 13.9. The highest BCUT2D eigenvalue weighted by molar-refractivity contribution is 6.18. The molecule has 4 heteroatoms. The number of fused-ring (bicyclic) bond motifs is 9. The van der Waals surface area contributed by atoms with Gasteiger partial charge in [0.2, 0.25) is 5.89 Å². The average Bonchev–Trinajstić information content (AvgIpc) is 3.83. The Bertz CT molecular complexity index is 3060. The summed E-state index contributed by atoms with van der Waals surface area (Å²) in [4.78, 5) is 7.28. The first kappa shape index (κ1) is 29.8. The van der Waals surface area contributed by atoms with Crippen molar-refractivity contribution in [3.8, 4) is 22.6 Å². The molecule has 0 amide bonds. The summed E-state index contributed by atoms with van der Waals surface area (Å²) in [5, 5.41) is 7.95. The van der Waals surface area contributed by atoms with E-state index in [1.165, 1.54) is 27.5 Å². The zero-order valence-corrected chi connectivity index (χ0v) is 28.8. The molecule has 11 rings (SSSR count). The van der Waals surface area contributed by atoms with Gasteiger partial charge in [-0.3, -0.25) is 0 Å². The molecule has 0 bridgehead atoms. The molecule has 0 unspecified atom stereocenters. The van der Waals surface area contributed by atoms with Gasteiger partial charge in [-0.05, 0) is 111 Å². The third-order valence-electron chi connectivity index (χ3n) is 10.7. The molecule has 0 saturated carbocycles. The molecule has 8 aromatic carbocycles. The van der Waals surface area contributed by atoms with Gasteiger partial charge >= 0.3 is 0 Å². The van der Waals surface area contributed by atoms with E-state index in [2.05, 4.69) is 144 Å². The largest absolute Gasteiger partial charge is 0.460 e. The molecule has 0 spiro atoms. The van der Waals surface area contributed by atoms with E-state index in [4.69, 9.17) is 13.8 Å². The molecule has 0 atom stereocenters. The van der Waals surface area contributed by atoms with Crippen LogP contribution in [-0.2, 0) is 6.42 Å². The number of benzene rings is 8. The Balaban J connectivity index is 1.12. The zero-order valence-electron chi connectivity index (χ0n) is 28.8. The lowest BCUT2D eigenvalue weighted by Gasteiger charge is -2.26. The lowest BCUT2D eigenvalue weighted by molar-refractivity contribution is 0.546. The van der Waals surface area contributed by atoms with E-state index in [9.17, 15) is 0 Å². The summed E-state index contributed by atoms with van der Waals surface area (Å²) >= 11 is 0. The van der Waals surface area contributed by atoms with Crippen molar-refractivity contribution in [3.05, 3.63) is 175 Å². The molecule has 4 nitrogen and oxygen atoms in total. The Kier molecular flexibility index (Phi) is 6.65. The molecule has 1 aliphatic rings. The van der Waals surface area contributed by atoms with Crippen molar-refractivity contribution in [2.75, 3.05) is 4.90 Å². The van der Waals surface area contributed by atoms with E-state index in [0.717, 1.165) is 84.8 Å². The van der Waals surface area contributed by atoms with E-state index in [1.807, 2.05) is 30.3 Å². The molecule has 0 N–H and O–H groups in total. The second kappa shape index (κ2) is 11.8. The van der Waals surface area contributed by atoms with E-state index in [1.54, 1.807) is 0 Å². The van der Waals surface area contributed by atoms with Crippen LogP contribution in [-0.4, -0.2) is 4.98 Å². The summed E-state index contributed by atoms with van der Waals surface area (Å²) in [6, 6.07) is 56.1. The maximum absolute atomic E-state index is 6.59. The lowest BCUT2D eigenvalue weighted by atomic mass is 9.99. The number of aromatic nitrogens is 1. The van der Waals surface area contributed by atoms with Crippen LogP contribution in [0.2, 0.25) is 0 Å². The van der Waals surface area contributed by atoms with Crippen molar-refractivity contribution in [3.63, 3.8) is 0 Å². The molecule has 0 aliphatic heterocycles. The third kappa shape index (κ3) is 4.95. The molecular formula is C49H32N2O2. The Hall–Kier alpha value is -6.91. The van der Waals surface area contributed by atoms with E-state index >= 15 is 0 Å². The van der Waals surface area contributed by atoms with Crippen molar-refractivity contribution in [2.45, 2.75) is 12.8 Å². The summed E-state index contributed by atoms with van der Waals surface area (Å²) in [5.74, 6) is 1.69. The monoisotopic (exact) mass is 680 g/mol. The van der Waals surface area contributed by atoms with Gasteiger partial charge in [-0.2, -0.15) is 0 Å². The van der Waals surface area contributed by atoms with Gasteiger partial charge in [0.15, 0.2) is 5.58 Å². The number of hydrogen-bond donors (Lipinski definition) is 0. The number of anilines is 3. The predicted octanol–water partition coefficient (Wildman–Crippen LogP) is 13.8. The Labute approximate surface area is 305 Å². The van der Waals surface area contributed by atoms with Gasteiger partial charge in [0, 0.05) is 45.4 Å². The number of furan rings is 1. The van der Waals surface area contributed by atoms with Gasteiger partial charge in [-0.1, -0.05) is 103 Å². The molecule has 53 heavy (non-hydrogen) atoms. The topological polar surface area (TPSA) is 42.4 Å². The van der Waals surface area contributed by atoms with Gasteiger partial charge in [-0.15, -0.1) is 0 Å². The minimum absolute atomic E-state index is 0.625. The maximum Gasteiger partial charge on any atom is 0.227 e. The SMILES string of the molecule is C1=Cc2c(oc3ccc(N(c4ccc5cc(-c6ccccc6)ccc5c4)c4ccc5ccc6ccc7nc(-c8ccccc8)oc7c6c5c4)cc23)CC1. The van der Waals surface area contributed by atoms with Crippen LogP contribution in [0.5, 0.6) is 0 Å². The fourth-order valence-electron chi connectivity index (χ4n) is 8.06. The van der Waals surface area contributed by atoms with Crippen molar-refractivity contribution in [1.82, 2.24) is 4.98 Å². The molecule has 2 aromatic heterocycles. The van der Waals surface area contributed by atoms with Gasteiger partial charge in [0.05, 0.1) is 0 Å². The first-order valence-electron chi connectivity index (χ1n) is 18.2. The third-order valence-corrected chi connectivity index (χ3v) is 10.7.